The van der Waals surface area contributed by atoms with Gasteiger partial charge in [0.05, 0.1) is 19.3 Å². The molecule has 1 heterocycles. The lowest BCUT2D eigenvalue weighted by atomic mass is 10.0. The Bertz CT molecular complexity index is 336. The SMILES string of the molecule is CCCOc1cccc2c1OCC[C@@H]2O. The lowest BCUT2D eigenvalue weighted by molar-refractivity contribution is 0.112. The van der Waals surface area contributed by atoms with Crippen molar-refractivity contribution in [3.8, 4) is 11.5 Å². The maximum Gasteiger partial charge on any atom is 0.166 e. The zero-order valence-corrected chi connectivity index (χ0v) is 8.90. The van der Waals surface area contributed by atoms with E-state index in [-0.39, 0.29) is 0 Å². The van der Waals surface area contributed by atoms with Crippen molar-refractivity contribution in [1.82, 2.24) is 0 Å². The zero-order chi connectivity index (χ0) is 10.7. The number of hydrogen-bond acceptors (Lipinski definition) is 3. The molecule has 1 aromatic carbocycles. The first-order valence-electron chi connectivity index (χ1n) is 5.39. The van der Waals surface area contributed by atoms with Crippen molar-refractivity contribution in [3.05, 3.63) is 23.8 Å². The lowest BCUT2D eigenvalue weighted by Gasteiger charge is -2.24. The fourth-order valence-electron chi connectivity index (χ4n) is 1.70. The molecule has 0 unspecified atom stereocenters. The van der Waals surface area contributed by atoms with Crippen molar-refractivity contribution < 1.29 is 14.6 Å². The molecular formula is C12H16O3. The first kappa shape index (κ1) is 10.3. The zero-order valence-electron chi connectivity index (χ0n) is 8.90. The van der Waals surface area contributed by atoms with Gasteiger partial charge in [0.2, 0.25) is 0 Å². The van der Waals surface area contributed by atoms with Crippen LogP contribution in [-0.2, 0) is 0 Å². The summed E-state index contributed by atoms with van der Waals surface area (Å²) in [7, 11) is 0. The first-order chi connectivity index (χ1) is 7.33. The van der Waals surface area contributed by atoms with Gasteiger partial charge < -0.3 is 14.6 Å². The summed E-state index contributed by atoms with van der Waals surface area (Å²) < 4.78 is 11.1. The molecule has 0 radical (unpaired) electrons. The Morgan fingerprint density at radius 2 is 2.40 bits per heavy atom. The Kier molecular flexibility index (Phi) is 3.11. The van der Waals surface area contributed by atoms with Crippen LogP contribution in [0.2, 0.25) is 0 Å². The Hall–Kier alpha value is -1.22. The summed E-state index contributed by atoms with van der Waals surface area (Å²) in [6, 6.07) is 5.66. The summed E-state index contributed by atoms with van der Waals surface area (Å²) in [5.41, 5.74) is 0.842. The third-order valence-corrected chi connectivity index (χ3v) is 2.47. The van der Waals surface area contributed by atoms with Crippen LogP contribution in [0.25, 0.3) is 0 Å². The highest BCUT2D eigenvalue weighted by molar-refractivity contribution is 5.48. The predicted octanol–water partition coefficient (Wildman–Crippen LogP) is 2.29. The van der Waals surface area contributed by atoms with E-state index in [1.54, 1.807) is 0 Å². The predicted molar refractivity (Wildman–Crippen MR) is 57.3 cm³/mol. The Balaban J connectivity index is 2.27. The minimum atomic E-state index is -0.418. The molecule has 0 aliphatic carbocycles. The van der Waals surface area contributed by atoms with E-state index in [9.17, 15) is 5.11 Å². The van der Waals surface area contributed by atoms with Gasteiger partial charge >= 0.3 is 0 Å². The third-order valence-electron chi connectivity index (χ3n) is 2.47. The summed E-state index contributed by atoms with van der Waals surface area (Å²) in [5.74, 6) is 1.46. The van der Waals surface area contributed by atoms with Gasteiger partial charge in [0.1, 0.15) is 0 Å². The molecule has 2 rings (SSSR count). The van der Waals surface area contributed by atoms with Gasteiger partial charge in [-0.1, -0.05) is 19.1 Å². The van der Waals surface area contributed by atoms with Crippen LogP contribution in [0.15, 0.2) is 18.2 Å². The van der Waals surface area contributed by atoms with E-state index in [4.69, 9.17) is 9.47 Å². The van der Waals surface area contributed by atoms with Crippen LogP contribution < -0.4 is 9.47 Å². The van der Waals surface area contributed by atoms with Crippen molar-refractivity contribution in [2.75, 3.05) is 13.2 Å². The molecule has 1 N–H and O–H groups in total. The van der Waals surface area contributed by atoms with Gasteiger partial charge in [-0.05, 0) is 12.5 Å². The van der Waals surface area contributed by atoms with E-state index in [0.717, 1.165) is 17.7 Å². The molecule has 82 valence electrons. The number of ether oxygens (including phenoxy) is 2. The molecule has 0 amide bonds. The van der Waals surface area contributed by atoms with Crippen molar-refractivity contribution in [1.29, 1.82) is 0 Å². The second-order valence-electron chi connectivity index (χ2n) is 3.68. The van der Waals surface area contributed by atoms with Crippen molar-refractivity contribution >= 4 is 0 Å². The summed E-state index contributed by atoms with van der Waals surface area (Å²) in [4.78, 5) is 0. The monoisotopic (exact) mass is 208 g/mol. The fourth-order valence-corrected chi connectivity index (χ4v) is 1.70. The van der Waals surface area contributed by atoms with E-state index in [1.165, 1.54) is 0 Å². The highest BCUT2D eigenvalue weighted by Crippen LogP contribution is 2.39. The quantitative estimate of drug-likeness (QED) is 0.828. The van der Waals surface area contributed by atoms with Crippen molar-refractivity contribution in [3.63, 3.8) is 0 Å². The Labute approximate surface area is 89.6 Å². The first-order valence-corrected chi connectivity index (χ1v) is 5.39. The molecule has 0 saturated carbocycles. The summed E-state index contributed by atoms with van der Waals surface area (Å²) >= 11 is 0. The van der Waals surface area contributed by atoms with Gasteiger partial charge in [0.15, 0.2) is 11.5 Å². The van der Waals surface area contributed by atoms with Crippen LogP contribution in [0.4, 0.5) is 0 Å². The molecule has 1 atom stereocenters. The van der Waals surface area contributed by atoms with Crippen LogP contribution in [0.5, 0.6) is 11.5 Å². The molecule has 0 aromatic heterocycles. The minimum Gasteiger partial charge on any atom is -0.490 e. The average molecular weight is 208 g/mol. The molecule has 0 bridgehead atoms. The van der Waals surface area contributed by atoms with Gasteiger partial charge in [0.25, 0.3) is 0 Å². The summed E-state index contributed by atoms with van der Waals surface area (Å²) in [6.07, 6.45) is 1.20. The molecule has 1 aromatic rings. The normalized spacial score (nSPS) is 19.2. The number of fused-ring (bicyclic) bond motifs is 1. The Morgan fingerprint density at radius 3 is 3.20 bits per heavy atom. The average Bonchev–Trinajstić information content (AvgIpc) is 2.27. The van der Waals surface area contributed by atoms with E-state index >= 15 is 0 Å². The highest BCUT2D eigenvalue weighted by atomic mass is 16.5. The molecule has 0 fully saturated rings. The number of para-hydroxylation sites is 1. The largest absolute Gasteiger partial charge is 0.490 e. The Morgan fingerprint density at radius 1 is 1.53 bits per heavy atom. The molecular weight excluding hydrogens is 192 g/mol. The van der Waals surface area contributed by atoms with Crippen molar-refractivity contribution in [2.45, 2.75) is 25.9 Å². The molecule has 0 saturated heterocycles. The number of hydrogen-bond donors (Lipinski definition) is 1. The number of aliphatic hydroxyl groups is 1. The second-order valence-corrected chi connectivity index (χ2v) is 3.68. The molecule has 3 heteroatoms. The van der Waals surface area contributed by atoms with Crippen LogP contribution in [-0.4, -0.2) is 18.3 Å². The number of aliphatic hydroxyl groups excluding tert-OH is 1. The van der Waals surface area contributed by atoms with Gasteiger partial charge in [-0.15, -0.1) is 0 Å². The van der Waals surface area contributed by atoms with Crippen molar-refractivity contribution in [2.24, 2.45) is 0 Å². The summed E-state index contributed by atoms with van der Waals surface area (Å²) in [5, 5.41) is 9.78. The topological polar surface area (TPSA) is 38.7 Å². The molecule has 1 aliphatic heterocycles. The van der Waals surface area contributed by atoms with Crippen LogP contribution in [0.1, 0.15) is 31.4 Å². The van der Waals surface area contributed by atoms with Gasteiger partial charge in [-0.3, -0.25) is 0 Å². The van der Waals surface area contributed by atoms with E-state index in [0.29, 0.717) is 25.4 Å². The minimum absolute atomic E-state index is 0.418. The van der Waals surface area contributed by atoms with E-state index < -0.39 is 6.10 Å². The van der Waals surface area contributed by atoms with E-state index in [2.05, 4.69) is 6.92 Å². The maximum absolute atomic E-state index is 9.78. The maximum atomic E-state index is 9.78. The molecule has 1 aliphatic rings. The van der Waals surface area contributed by atoms with Gasteiger partial charge in [-0.25, -0.2) is 0 Å². The standard InChI is InChI=1S/C12H16O3/c1-2-7-14-11-5-3-4-9-10(13)6-8-15-12(9)11/h3-5,10,13H,2,6-8H2,1H3/t10-/m0/s1. The fraction of sp³-hybridized carbons (Fsp3) is 0.500. The second kappa shape index (κ2) is 4.53. The van der Waals surface area contributed by atoms with Gasteiger partial charge in [-0.2, -0.15) is 0 Å². The number of benzene rings is 1. The lowest BCUT2D eigenvalue weighted by Crippen LogP contribution is -2.14. The van der Waals surface area contributed by atoms with E-state index in [1.807, 2.05) is 18.2 Å². The van der Waals surface area contributed by atoms with Crippen LogP contribution in [0.3, 0.4) is 0 Å². The van der Waals surface area contributed by atoms with Crippen LogP contribution in [0, 0.1) is 0 Å². The smallest absolute Gasteiger partial charge is 0.166 e. The third kappa shape index (κ3) is 2.07. The summed E-state index contributed by atoms with van der Waals surface area (Å²) in [6.45, 7) is 3.29. The van der Waals surface area contributed by atoms with Gasteiger partial charge in [0, 0.05) is 12.0 Å². The highest BCUT2D eigenvalue weighted by Gasteiger charge is 2.22. The molecule has 0 spiro atoms. The van der Waals surface area contributed by atoms with Crippen LogP contribution >= 0.6 is 0 Å². The molecule has 15 heavy (non-hydrogen) atoms. The molecule has 3 nitrogen and oxygen atoms in total. The number of rotatable bonds is 3.